The molecule has 158 valence electrons. The molecule has 0 saturated heterocycles. The van der Waals surface area contributed by atoms with E-state index in [4.69, 9.17) is 9.73 Å². The number of rotatable bonds is 9. The summed E-state index contributed by atoms with van der Waals surface area (Å²) in [6, 6.07) is 9.01. The van der Waals surface area contributed by atoms with Gasteiger partial charge in [-0.3, -0.25) is 0 Å². The van der Waals surface area contributed by atoms with Crippen molar-refractivity contribution < 1.29 is 13.2 Å². The highest BCUT2D eigenvalue weighted by atomic mass is 32.2. The van der Waals surface area contributed by atoms with Crippen LogP contribution in [0.1, 0.15) is 67.2 Å². The highest BCUT2D eigenvalue weighted by Crippen LogP contribution is 2.34. The minimum Gasteiger partial charge on any atom is -0.479 e. The summed E-state index contributed by atoms with van der Waals surface area (Å²) in [5.74, 6) is 1.15. The third kappa shape index (κ3) is 5.82. The topological polar surface area (TPSA) is 55.7 Å². The lowest BCUT2D eigenvalue weighted by Gasteiger charge is -2.28. The first-order valence-corrected chi connectivity index (χ1v) is 12.1. The van der Waals surface area contributed by atoms with E-state index in [1.54, 1.807) is 24.3 Å². The summed E-state index contributed by atoms with van der Waals surface area (Å²) in [4.78, 5) is 5.22. The Labute approximate surface area is 171 Å². The second kappa shape index (κ2) is 9.43. The normalized spacial score (nSPS) is 20.0. The molecular formula is C23H37NO3S. The van der Waals surface area contributed by atoms with Gasteiger partial charge in [0, 0.05) is 6.42 Å². The number of hydrogen-bond donors (Lipinski definition) is 0. The summed E-state index contributed by atoms with van der Waals surface area (Å²) >= 11 is 0. The average Bonchev–Trinajstić information content (AvgIpc) is 3.08. The molecule has 0 saturated carbocycles. The fraction of sp³-hybridized carbons (Fsp3) is 0.696. The number of nitrogens with zero attached hydrogens (tertiary/aromatic N) is 1. The van der Waals surface area contributed by atoms with Crippen molar-refractivity contribution in [3.05, 3.63) is 30.3 Å². The summed E-state index contributed by atoms with van der Waals surface area (Å²) < 4.78 is 32.8. The van der Waals surface area contributed by atoms with E-state index in [1.165, 1.54) is 0 Å². The van der Waals surface area contributed by atoms with E-state index in [0.29, 0.717) is 30.3 Å². The molecule has 0 aliphatic carbocycles. The second-order valence-electron chi connectivity index (χ2n) is 9.49. The Morgan fingerprint density at radius 1 is 1.18 bits per heavy atom. The van der Waals surface area contributed by atoms with E-state index < -0.39 is 15.1 Å². The summed E-state index contributed by atoms with van der Waals surface area (Å²) in [5.41, 5.74) is 0.0498. The van der Waals surface area contributed by atoms with E-state index in [2.05, 4.69) is 41.5 Å². The fourth-order valence-electron chi connectivity index (χ4n) is 3.89. The van der Waals surface area contributed by atoms with Crippen LogP contribution in [0.2, 0.25) is 0 Å². The first-order valence-electron chi connectivity index (χ1n) is 10.5. The zero-order valence-electron chi connectivity index (χ0n) is 18.3. The van der Waals surface area contributed by atoms with Gasteiger partial charge in [0.15, 0.2) is 15.7 Å². The van der Waals surface area contributed by atoms with Crippen LogP contribution < -0.4 is 0 Å². The maximum atomic E-state index is 13.5. The zero-order valence-corrected chi connectivity index (χ0v) is 19.1. The van der Waals surface area contributed by atoms with Crippen LogP contribution in [0.4, 0.5) is 0 Å². The molecule has 0 amide bonds. The maximum absolute atomic E-state index is 13.5. The van der Waals surface area contributed by atoms with Crippen molar-refractivity contribution in [3.8, 4) is 0 Å². The SMILES string of the molecule is CCC[C@@H]([C@H](CC1=N[C@@H](C(C)(C)C)CO1)CC(C)C)S(=O)(=O)c1ccccc1. The van der Waals surface area contributed by atoms with Crippen LogP contribution in [-0.2, 0) is 14.6 Å². The lowest BCUT2D eigenvalue weighted by Crippen LogP contribution is -2.32. The highest BCUT2D eigenvalue weighted by Gasteiger charge is 2.37. The standard InChI is InChI=1S/C23H37NO3S/c1-7-11-20(28(25,26)19-12-9-8-10-13-19)18(14-17(2)3)15-22-24-21(16-27-22)23(4,5)6/h8-10,12-13,17-18,20-21H,7,11,14-16H2,1-6H3/t18-,20-,21+/m0/s1. The smallest absolute Gasteiger partial charge is 0.183 e. The molecule has 28 heavy (non-hydrogen) atoms. The minimum absolute atomic E-state index is 0.00243. The number of benzene rings is 1. The van der Waals surface area contributed by atoms with E-state index in [1.807, 2.05) is 6.07 Å². The van der Waals surface area contributed by atoms with Gasteiger partial charge in [-0.05, 0) is 42.2 Å². The first-order chi connectivity index (χ1) is 13.1. The molecule has 3 atom stereocenters. The summed E-state index contributed by atoms with van der Waals surface area (Å²) in [6.45, 7) is 13.5. The molecule has 4 nitrogen and oxygen atoms in total. The van der Waals surface area contributed by atoms with Gasteiger partial charge in [-0.2, -0.15) is 0 Å². The molecular weight excluding hydrogens is 370 g/mol. The third-order valence-corrected chi connectivity index (χ3v) is 7.83. The Morgan fingerprint density at radius 2 is 1.82 bits per heavy atom. The predicted octanol–water partition coefficient (Wildman–Crippen LogP) is 5.52. The molecule has 0 fully saturated rings. The van der Waals surface area contributed by atoms with Gasteiger partial charge in [-0.1, -0.05) is 66.2 Å². The number of ether oxygens (including phenoxy) is 1. The maximum Gasteiger partial charge on any atom is 0.183 e. The summed E-state index contributed by atoms with van der Waals surface area (Å²) in [6.07, 6.45) is 2.94. The summed E-state index contributed by atoms with van der Waals surface area (Å²) in [5, 5.41) is -0.415. The number of sulfone groups is 1. The van der Waals surface area contributed by atoms with Gasteiger partial charge < -0.3 is 4.74 Å². The zero-order chi connectivity index (χ0) is 20.9. The van der Waals surface area contributed by atoms with E-state index in [0.717, 1.165) is 18.7 Å². The van der Waals surface area contributed by atoms with Gasteiger partial charge in [0.25, 0.3) is 0 Å². The first kappa shape index (κ1) is 22.9. The molecule has 1 heterocycles. The molecule has 0 unspecified atom stereocenters. The van der Waals surface area contributed by atoms with Crippen molar-refractivity contribution in [1.29, 1.82) is 0 Å². The molecule has 1 aliphatic heterocycles. The monoisotopic (exact) mass is 407 g/mol. The molecule has 0 spiro atoms. The molecule has 0 N–H and O–H groups in total. The van der Waals surface area contributed by atoms with Crippen molar-refractivity contribution in [1.82, 2.24) is 0 Å². The molecule has 1 aliphatic rings. The van der Waals surface area contributed by atoms with Crippen molar-refractivity contribution >= 4 is 15.7 Å². The Morgan fingerprint density at radius 3 is 2.32 bits per heavy atom. The van der Waals surface area contributed by atoms with Gasteiger partial charge in [0.2, 0.25) is 0 Å². The van der Waals surface area contributed by atoms with Gasteiger partial charge in [0.05, 0.1) is 16.2 Å². The van der Waals surface area contributed by atoms with Crippen molar-refractivity contribution in [2.75, 3.05) is 6.61 Å². The third-order valence-electron chi connectivity index (χ3n) is 5.49. The lowest BCUT2D eigenvalue weighted by atomic mass is 9.88. The van der Waals surface area contributed by atoms with Crippen molar-refractivity contribution in [2.45, 2.75) is 83.4 Å². The Bertz CT molecular complexity index is 748. The lowest BCUT2D eigenvalue weighted by molar-refractivity contribution is 0.229. The average molecular weight is 408 g/mol. The predicted molar refractivity (Wildman–Crippen MR) is 117 cm³/mol. The van der Waals surface area contributed by atoms with Crippen LogP contribution in [-0.4, -0.2) is 32.2 Å². The summed E-state index contributed by atoms with van der Waals surface area (Å²) in [7, 11) is -3.40. The van der Waals surface area contributed by atoms with Crippen LogP contribution in [0.3, 0.4) is 0 Å². The fourth-order valence-corrected chi connectivity index (χ4v) is 6.03. The molecule has 1 aromatic carbocycles. The molecule has 0 aromatic heterocycles. The van der Waals surface area contributed by atoms with E-state index in [9.17, 15) is 8.42 Å². The van der Waals surface area contributed by atoms with Crippen LogP contribution >= 0.6 is 0 Å². The van der Waals surface area contributed by atoms with Gasteiger partial charge in [0.1, 0.15) is 6.61 Å². The van der Waals surface area contributed by atoms with Crippen LogP contribution in [0.25, 0.3) is 0 Å². The van der Waals surface area contributed by atoms with E-state index in [-0.39, 0.29) is 17.4 Å². The van der Waals surface area contributed by atoms with Gasteiger partial charge >= 0.3 is 0 Å². The van der Waals surface area contributed by atoms with Gasteiger partial charge in [-0.25, -0.2) is 13.4 Å². The van der Waals surface area contributed by atoms with Crippen molar-refractivity contribution in [2.24, 2.45) is 22.2 Å². The second-order valence-corrected chi connectivity index (χ2v) is 11.7. The number of aliphatic imine (C=N–C) groups is 1. The molecule has 1 aromatic rings. The Hall–Kier alpha value is -1.36. The van der Waals surface area contributed by atoms with Crippen molar-refractivity contribution in [3.63, 3.8) is 0 Å². The Balaban J connectivity index is 2.33. The molecule has 0 radical (unpaired) electrons. The molecule has 5 heteroatoms. The minimum atomic E-state index is -3.40. The van der Waals surface area contributed by atoms with Gasteiger partial charge in [-0.15, -0.1) is 0 Å². The van der Waals surface area contributed by atoms with Crippen LogP contribution in [0, 0.1) is 17.3 Å². The molecule has 2 rings (SSSR count). The molecule has 0 bridgehead atoms. The quantitative estimate of drug-likeness (QED) is 0.541. The van der Waals surface area contributed by atoms with Crippen LogP contribution in [0.5, 0.6) is 0 Å². The Kier molecular flexibility index (Phi) is 7.72. The number of hydrogen-bond acceptors (Lipinski definition) is 4. The van der Waals surface area contributed by atoms with Crippen LogP contribution in [0.15, 0.2) is 40.2 Å². The van der Waals surface area contributed by atoms with E-state index >= 15 is 0 Å². The largest absolute Gasteiger partial charge is 0.479 e. The highest BCUT2D eigenvalue weighted by molar-refractivity contribution is 7.92.